The highest BCUT2D eigenvalue weighted by Crippen LogP contribution is 2.30. The van der Waals surface area contributed by atoms with E-state index in [1.807, 2.05) is 0 Å². The number of nitrogens with two attached hydrogens (primary N) is 1. The van der Waals surface area contributed by atoms with E-state index in [-0.39, 0.29) is 15.0 Å². The van der Waals surface area contributed by atoms with E-state index in [0.717, 1.165) is 7.05 Å². The third-order valence-corrected chi connectivity index (χ3v) is 4.42. The minimum atomic E-state index is -4.64. The number of benzene rings is 1. The summed E-state index contributed by atoms with van der Waals surface area (Å²) in [4.78, 5) is -0.515. The van der Waals surface area contributed by atoms with Crippen LogP contribution >= 0.6 is 11.6 Å². The molecule has 0 aliphatic heterocycles. The van der Waals surface area contributed by atoms with Crippen LogP contribution in [0.15, 0.2) is 23.1 Å². The van der Waals surface area contributed by atoms with Crippen LogP contribution in [0, 0.1) is 0 Å². The molecule has 0 unspecified atom stereocenters. The molecule has 2 N–H and O–H groups in total. The first kappa shape index (κ1) is 15.1. The highest BCUT2D eigenvalue weighted by Gasteiger charge is 2.36. The van der Waals surface area contributed by atoms with Crippen molar-refractivity contribution in [2.45, 2.75) is 11.1 Å². The summed E-state index contributed by atoms with van der Waals surface area (Å²) >= 11 is 5.66. The molecule has 102 valence electrons. The number of nitrogen functional groups attached to an aromatic ring is 1. The lowest BCUT2D eigenvalue weighted by Gasteiger charge is -2.20. The summed E-state index contributed by atoms with van der Waals surface area (Å²) < 4.78 is 60.5. The third-order valence-electron chi connectivity index (χ3n) is 2.07. The van der Waals surface area contributed by atoms with Gasteiger partial charge in [0.1, 0.15) is 11.4 Å². The highest BCUT2D eigenvalue weighted by atomic mass is 35.5. The van der Waals surface area contributed by atoms with E-state index in [1.165, 1.54) is 18.2 Å². The first-order valence-electron chi connectivity index (χ1n) is 4.63. The smallest absolute Gasteiger partial charge is 0.398 e. The number of halogens is 4. The molecule has 1 rings (SSSR count). The van der Waals surface area contributed by atoms with Gasteiger partial charge in [-0.3, -0.25) is 0 Å². The molecule has 0 aromatic heterocycles. The molecule has 0 saturated heterocycles. The zero-order chi connectivity index (χ0) is 14.1. The maximum absolute atomic E-state index is 12.2. The molecule has 0 aliphatic rings. The molecular weight excluding hydrogens is 293 g/mol. The number of alkyl halides is 3. The van der Waals surface area contributed by atoms with Gasteiger partial charge in [-0.2, -0.15) is 17.5 Å². The van der Waals surface area contributed by atoms with Gasteiger partial charge < -0.3 is 5.73 Å². The number of hydrogen-bond acceptors (Lipinski definition) is 3. The van der Waals surface area contributed by atoms with Gasteiger partial charge in [-0.15, -0.1) is 0 Å². The van der Waals surface area contributed by atoms with E-state index in [1.54, 1.807) is 0 Å². The molecule has 0 spiro atoms. The Balaban J connectivity index is 3.22. The predicted molar refractivity (Wildman–Crippen MR) is 61.7 cm³/mol. The van der Waals surface area contributed by atoms with Crippen molar-refractivity contribution in [3.8, 4) is 0 Å². The normalized spacial score (nSPS) is 13.0. The monoisotopic (exact) mass is 302 g/mol. The second-order valence-corrected chi connectivity index (χ2v) is 5.92. The van der Waals surface area contributed by atoms with Crippen LogP contribution in [-0.4, -0.2) is 32.5 Å². The number of sulfonamides is 1. The van der Waals surface area contributed by atoms with Crippen LogP contribution in [0.4, 0.5) is 18.9 Å². The van der Waals surface area contributed by atoms with Gasteiger partial charge in [0.25, 0.3) is 0 Å². The summed E-state index contributed by atoms with van der Waals surface area (Å²) in [6.45, 7) is -1.61. The van der Waals surface area contributed by atoms with Gasteiger partial charge in [-0.25, -0.2) is 8.42 Å². The number of hydrogen-bond donors (Lipinski definition) is 1. The summed E-state index contributed by atoms with van der Waals surface area (Å²) in [6, 6.07) is 3.90. The van der Waals surface area contributed by atoms with Gasteiger partial charge in [0.2, 0.25) is 10.0 Å². The van der Waals surface area contributed by atoms with E-state index in [9.17, 15) is 21.6 Å². The second-order valence-electron chi connectivity index (χ2n) is 3.53. The zero-order valence-electron chi connectivity index (χ0n) is 9.20. The molecule has 4 nitrogen and oxygen atoms in total. The Morgan fingerprint density at radius 1 is 1.39 bits per heavy atom. The van der Waals surface area contributed by atoms with Crippen molar-refractivity contribution in [1.82, 2.24) is 4.31 Å². The number of anilines is 1. The van der Waals surface area contributed by atoms with Crippen LogP contribution in [0.1, 0.15) is 0 Å². The van der Waals surface area contributed by atoms with E-state index in [4.69, 9.17) is 17.3 Å². The first-order valence-corrected chi connectivity index (χ1v) is 6.44. The van der Waals surface area contributed by atoms with Crippen LogP contribution in [0.3, 0.4) is 0 Å². The Hall–Kier alpha value is -0.990. The molecule has 0 saturated carbocycles. The van der Waals surface area contributed by atoms with Crippen molar-refractivity contribution >= 4 is 27.3 Å². The maximum atomic E-state index is 12.2. The largest absolute Gasteiger partial charge is 0.402 e. The van der Waals surface area contributed by atoms with E-state index >= 15 is 0 Å². The topological polar surface area (TPSA) is 63.4 Å². The Labute approximate surface area is 107 Å². The molecule has 0 heterocycles. The van der Waals surface area contributed by atoms with E-state index in [0.29, 0.717) is 0 Å². The predicted octanol–water partition coefficient (Wildman–Crippen LogP) is 2.10. The van der Waals surface area contributed by atoms with Crippen LogP contribution in [0.2, 0.25) is 5.02 Å². The molecule has 1 aromatic rings. The van der Waals surface area contributed by atoms with E-state index in [2.05, 4.69) is 0 Å². The van der Waals surface area contributed by atoms with Gasteiger partial charge in [0, 0.05) is 7.05 Å². The lowest BCUT2D eigenvalue weighted by molar-refractivity contribution is -0.134. The van der Waals surface area contributed by atoms with Gasteiger partial charge in [-0.05, 0) is 12.1 Å². The lowest BCUT2D eigenvalue weighted by atomic mass is 10.3. The molecule has 0 amide bonds. The molecule has 0 radical (unpaired) electrons. The molecule has 0 atom stereocenters. The van der Waals surface area contributed by atoms with Gasteiger partial charge in [0.15, 0.2) is 0 Å². The number of rotatable bonds is 3. The van der Waals surface area contributed by atoms with Crippen molar-refractivity contribution in [3.05, 3.63) is 23.2 Å². The fourth-order valence-electron chi connectivity index (χ4n) is 1.29. The van der Waals surface area contributed by atoms with Crippen molar-refractivity contribution in [2.75, 3.05) is 19.3 Å². The van der Waals surface area contributed by atoms with Crippen molar-refractivity contribution in [2.24, 2.45) is 0 Å². The van der Waals surface area contributed by atoms with Crippen LogP contribution in [0.5, 0.6) is 0 Å². The minimum absolute atomic E-state index is 0.157. The Kier molecular flexibility index (Phi) is 4.14. The van der Waals surface area contributed by atoms with Gasteiger partial charge in [0.05, 0.1) is 10.7 Å². The Morgan fingerprint density at radius 3 is 2.39 bits per heavy atom. The molecule has 0 fully saturated rings. The highest BCUT2D eigenvalue weighted by molar-refractivity contribution is 7.89. The second kappa shape index (κ2) is 4.94. The fraction of sp³-hybridized carbons (Fsp3) is 0.333. The summed E-state index contributed by atoms with van der Waals surface area (Å²) in [6.07, 6.45) is -4.64. The molecule has 0 bridgehead atoms. The minimum Gasteiger partial charge on any atom is -0.398 e. The van der Waals surface area contributed by atoms with Crippen LogP contribution in [-0.2, 0) is 10.0 Å². The zero-order valence-corrected chi connectivity index (χ0v) is 10.8. The Morgan fingerprint density at radius 2 is 1.94 bits per heavy atom. The Bertz CT molecular complexity index is 525. The maximum Gasteiger partial charge on any atom is 0.402 e. The summed E-state index contributed by atoms with van der Waals surface area (Å²) in [5.74, 6) is 0. The number of nitrogens with zero attached hydrogens (tertiary/aromatic N) is 1. The van der Waals surface area contributed by atoms with Crippen molar-refractivity contribution < 1.29 is 21.6 Å². The standard InChI is InChI=1S/C9H10ClF3N2O2S/c1-15(5-9(11,12)13)18(16,17)8-6(10)3-2-4-7(8)14/h2-4H,5,14H2,1H3. The van der Waals surface area contributed by atoms with Crippen LogP contribution in [0.25, 0.3) is 0 Å². The average Bonchev–Trinajstić information content (AvgIpc) is 2.13. The van der Waals surface area contributed by atoms with Gasteiger partial charge in [-0.1, -0.05) is 17.7 Å². The average molecular weight is 303 g/mol. The van der Waals surface area contributed by atoms with Crippen molar-refractivity contribution in [1.29, 1.82) is 0 Å². The quantitative estimate of drug-likeness (QED) is 0.870. The summed E-state index contributed by atoms with van der Waals surface area (Å²) in [5.41, 5.74) is 5.24. The molecule has 1 aromatic carbocycles. The van der Waals surface area contributed by atoms with Crippen LogP contribution < -0.4 is 5.73 Å². The summed E-state index contributed by atoms with van der Waals surface area (Å²) in [5, 5.41) is -0.218. The molecule has 18 heavy (non-hydrogen) atoms. The SMILES string of the molecule is CN(CC(F)(F)F)S(=O)(=O)c1c(N)cccc1Cl. The van der Waals surface area contributed by atoms with Crippen molar-refractivity contribution in [3.63, 3.8) is 0 Å². The molecule has 0 aliphatic carbocycles. The molecule has 9 heteroatoms. The first-order chi connectivity index (χ1) is 8.05. The van der Waals surface area contributed by atoms with Gasteiger partial charge >= 0.3 is 6.18 Å². The lowest BCUT2D eigenvalue weighted by Crippen LogP contribution is -2.36. The third kappa shape index (κ3) is 3.27. The molecular formula is C9H10ClF3N2O2S. The fourth-order valence-corrected chi connectivity index (χ4v) is 3.07. The summed E-state index contributed by atoms with van der Waals surface area (Å²) in [7, 11) is -3.57. The van der Waals surface area contributed by atoms with E-state index < -0.39 is 27.6 Å².